The van der Waals surface area contributed by atoms with Gasteiger partial charge in [-0.05, 0) is 20.3 Å². The summed E-state index contributed by atoms with van der Waals surface area (Å²) in [5.41, 5.74) is 0. The lowest BCUT2D eigenvalue weighted by Crippen LogP contribution is -2.17. The third-order valence-electron chi connectivity index (χ3n) is 0.621. The van der Waals surface area contributed by atoms with Gasteiger partial charge in [0.2, 0.25) is 0 Å². The first-order valence-electron chi connectivity index (χ1n) is 2.46. The van der Waals surface area contributed by atoms with Crippen molar-refractivity contribution in [3.8, 4) is 0 Å². The van der Waals surface area contributed by atoms with Crippen molar-refractivity contribution in [2.75, 3.05) is 0 Å². The Balaban J connectivity index is 3.75. The summed E-state index contributed by atoms with van der Waals surface area (Å²) in [6.07, 6.45) is 0.958. The van der Waals surface area contributed by atoms with E-state index in [0.29, 0.717) is 0 Å². The zero-order valence-corrected chi connectivity index (χ0v) is 11.6. The average Bonchev–Trinajstić information content (AvgIpc) is 1.14. The standard InChI is InChI=1S/C5H8Br4/c1-4(6,7)3-5(2,8)9/h3H2,1-2H3. The molecular formula is C5H8Br4. The Morgan fingerprint density at radius 3 is 1.11 bits per heavy atom. The molecule has 0 fully saturated rings. The van der Waals surface area contributed by atoms with E-state index in [1.54, 1.807) is 0 Å². The van der Waals surface area contributed by atoms with Crippen LogP contribution in [0.2, 0.25) is 0 Å². The van der Waals surface area contributed by atoms with Crippen LogP contribution < -0.4 is 0 Å². The third kappa shape index (κ3) is 9.92. The lowest BCUT2D eigenvalue weighted by molar-refractivity contribution is 0.764. The number of rotatable bonds is 2. The van der Waals surface area contributed by atoms with Gasteiger partial charge in [-0.15, -0.1) is 0 Å². The van der Waals surface area contributed by atoms with Crippen LogP contribution in [0.25, 0.3) is 0 Å². The van der Waals surface area contributed by atoms with E-state index in [9.17, 15) is 0 Å². The van der Waals surface area contributed by atoms with Gasteiger partial charge >= 0.3 is 0 Å². The summed E-state index contributed by atoms with van der Waals surface area (Å²) in [6.45, 7) is 4.13. The molecule has 0 rings (SSSR count). The molecule has 0 aliphatic rings. The molecule has 0 aliphatic heterocycles. The predicted molar refractivity (Wildman–Crippen MR) is 57.1 cm³/mol. The first-order chi connectivity index (χ1) is 3.71. The van der Waals surface area contributed by atoms with E-state index in [1.165, 1.54) is 0 Å². The van der Waals surface area contributed by atoms with Gasteiger partial charge in [-0.3, -0.25) is 0 Å². The van der Waals surface area contributed by atoms with Gasteiger partial charge in [0.1, 0.15) is 0 Å². The van der Waals surface area contributed by atoms with Crippen LogP contribution in [0.1, 0.15) is 20.3 Å². The van der Waals surface area contributed by atoms with Gasteiger partial charge in [0.05, 0.1) is 6.47 Å². The lowest BCUT2D eigenvalue weighted by atomic mass is 10.3. The van der Waals surface area contributed by atoms with Crippen LogP contribution in [0.4, 0.5) is 0 Å². The first kappa shape index (κ1) is 10.9. The largest absolute Gasteiger partial charge is 0.0799 e. The second-order valence-electron chi connectivity index (χ2n) is 2.32. The molecule has 0 aromatic carbocycles. The van der Waals surface area contributed by atoms with Crippen molar-refractivity contribution in [3.05, 3.63) is 0 Å². The van der Waals surface area contributed by atoms with Crippen molar-refractivity contribution < 1.29 is 0 Å². The van der Waals surface area contributed by atoms with E-state index in [2.05, 4.69) is 77.6 Å². The number of alkyl halides is 4. The highest BCUT2D eigenvalue weighted by atomic mass is 79.9. The van der Waals surface area contributed by atoms with Crippen LogP contribution in [0.5, 0.6) is 0 Å². The summed E-state index contributed by atoms with van der Waals surface area (Å²) in [5, 5.41) is 0. The van der Waals surface area contributed by atoms with Crippen molar-refractivity contribution in [2.45, 2.75) is 26.7 Å². The molecule has 0 radical (unpaired) electrons. The van der Waals surface area contributed by atoms with Crippen molar-refractivity contribution in [3.63, 3.8) is 0 Å². The van der Waals surface area contributed by atoms with Crippen LogP contribution in [0.3, 0.4) is 0 Å². The Bertz CT molecular complexity index is 74.1. The minimum Gasteiger partial charge on any atom is -0.0730 e. The van der Waals surface area contributed by atoms with E-state index in [4.69, 9.17) is 0 Å². The first-order valence-corrected chi connectivity index (χ1v) is 5.64. The molecule has 0 aliphatic carbocycles. The fraction of sp³-hybridized carbons (Fsp3) is 1.00. The predicted octanol–water partition coefficient (Wildman–Crippen LogP) is 4.39. The van der Waals surface area contributed by atoms with Gasteiger partial charge in [0.25, 0.3) is 0 Å². The summed E-state index contributed by atoms with van der Waals surface area (Å²) in [4.78, 5) is 0. The minimum absolute atomic E-state index is 0.0156. The van der Waals surface area contributed by atoms with Gasteiger partial charge in [0.15, 0.2) is 0 Å². The van der Waals surface area contributed by atoms with E-state index in [0.717, 1.165) is 6.42 Å². The van der Waals surface area contributed by atoms with Crippen molar-refractivity contribution >= 4 is 63.7 Å². The van der Waals surface area contributed by atoms with E-state index in [1.807, 2.05) is 0 Å². The molecule has 9 heavy (non-hydrogen) atoms. The van der Waals surface area contributed by atoms with Crippen LogP contribution in [0.15, 0.2) is 0 Å². The number of halogens is 4. The molecule has 0 bridgehead atoms. The maximum atomic E-state index is 3.47. The maximum Gasteiger partial charge on any atom is 0.0799 e. The molecule has 0 aromatic heterocycles. The molecular weight excluding hydrogens is 380 g/mol. The molecule has 0 spiro atoms. The second-order valence-corrected chi connectivity index (χ2v) is 11.4. The van der Waals surface area contributed by atoms with Gasteiger partial charge in [-0.1, -0.05) is 63.7 Å². The quantitative estimate of drug-likeness (QED) is 0.617. The van der Waals surface area contributed by atoms with Crippen LogP contribution in [-0.4, -0.2) is 6.47 Å². The van der Waals surface area contributed by atoms with Crippen molar-refractivity contribution in [1.29, 1.82) is 0 Å². The summed E-state index contributed by atoms with van der Waals surface area (Å²) < 4.78 is 0.0312. The normalized spacial score (nSPS) is 14.0. The molecule has 0 heterocycles. The highest BCUT2D eigenvalue weighted by molar-refractivity contribution is 9.26. The molecule has 0 N–H and O–H groups in total. The van der Waals surface area contributed by atoms with Crippen LogP contribution in [-0.2, 0) is 0 Å². The summed E-state index contributed by atoms with van der Waals surface area (Å²) in [5.74, 6) is 0. The average molecular weight is 388 g/mol. The fourth-order valence-corrected chi connectivity index (χ4v) is 4.29. The minimum atomic E-state index is 0.0156. The summed E-state index contributed by atoms with van der Waals surface area (Å²) in [7, 11) is 0. The summed E-state index contributed by atoms with van der Waals surface area (Å²) in [6, 6.07) is 0. The smallest absolute Gasteiger partial charge is 0.0730 e. The zero-order chi connectivity index (χ0) is 7.71. The van der Waals surface area contributed by atoms with Gasteiger partial charge < -0.3 is 0 Å². The lowest BCUT2D eigenvalue weighted by Gasteiger charge is -2.21. The van der Waals surface area contributed by atoms with Crippen LogP contribution >= 0.6 is 63.7 Å². The zero-order valence-electron chi connectivity index (χ0n) is 5.22. The molecule has 0 saturated carbocycles. The summed E-state index contributed by atoms with van der Waals surface area (Å²) >= 11 is 13.9. The van der Waals surface area contributed by atoms with E-state index < -0.39 is 0 Å². The molecule has 0 unspecified atom stereocenters. The monoisotopic (exact) mass is 384 g/mol. The topological polar surface area (TPSA) is 0 Å². The van der Waals surface area contributed by atoms with Crippen LogP contribution in [0, 0.1) is 0 Å². The van der Waals surface area contributed by atoms with E-state index >= 15 is 0 Å². The molecule has 0 amide bonds. The second kappa shape index (κ2) is 3.55. The van der Waals surface area contributed by atoms with E-state index in [-0.39, 0.29) is 6.47 Å². The van der Waals surface area contributed by atoms with Gasteiger partial charge in [-0.25, -0.2) is 0 Å². The fourth-order valence-electron chi connectivity index (χ4n) is 0.545. The highest BCUT2D eigenvalue weighted by Crippen LogP contribution is 2.41. The Labute approximate surface area is 89.7 Å². The molecule has 0 nitrogen and oxygen atoms in total. The molecule has 0 saturated heterocycles. The van der Waals surface area contributed by atoms with Crippen molar-refractivity contribution in [1.82, 2.24) is 0 Å². The molecule has 56 valence electrons. The maximum absolute atomic E-state index is 3.47. The van der Waals surface area contributed by atoms with Crippen molar-refractivity contribution in [2.24, 2.45) is 0 Å². The molecule has 4 heteroatoms. The third-order valence-corrected chi connectivity index (χ3v) is 1.74. The Kier molecular flexibility index (Phi) is 4.30. The Hall–Kier alpha value is 1.92. The highest BCUT2D eigenvalue weighted by Gasteiger charge is 2.26. The molecule has 0 aromatic rings. The van der Waals surface area contributed by atoms with Gasteiger partial charge in [-0.2, -0.15) is 0 Å². The SMILES string of the molecule is CC(Br)(Br)CC(C)(Br)Br. The number of hydrogen-bond donors (Lipinski definition) is 0. The Morgan fingerprint density at radius 1 is 0.889 bits per heavy atom. The number of hydrogen-bond acceptors (Lipinski definition) is 0. The Morgan fingerprint density at radius 2 is 1.11 bits per heavy atom. The van der Waals surface area contributed by atoms with Gasteiger partial charge in [0, 0.05) is 0 Å². The molecule has 0 atom stereocenters.